The predicted octanol–water partition coefficient (Wildman–Crippen LogP) is 5.13. The fourth-order valence-corrected chi connectivity index (χ4v) is 3.04. The summed E-state index contributed by atoms with van der Waals surface area (Å²) in [6, 6.07) is 15.2. The fourth-order valence-electron chi connectivity index (χ4n) is 2.25. The highest BCUT2D eigenvalue weighted by molar-refractivity contribution is 7.11. The number of hydrogen-bond donors (Lipinski definition) is 1. The van der Waals surface area contributed by atoms with Crippen molar-refractivity contribution in [3.63, 3.8) is 0 Å². The van der Waals surface area contributed by atoms with Crippen LogP contribution in [0.4, 0.5) is 10.1 Å². The van der Waals surface area contributed by atoms with Crippen LogP contribution in [0.2, 0.25) is 0 Å². The highest BCUT2D eigenvalue weighted by Crippen LogP contribution is 2.26. The van der Waals surface area contributed by atoms with Gasteiger partial charge in [0.15, 0.2) is 5.78 Å². The van der Waals surface area contributed by atoms with Gasteiger partial charge in [0.05, 0.1) is 5.69 Å². The van der Waals surface area contributed by atoms with Gasteiger partial charge in [-0.05, 0) is 55.5 Å². The fraction of sp³-hybridized carbons (Fsp3) is 0.0500. The molecule has 3 aromatic rings. The molecule has 0 bridgehead atoms. The molecule has 0 amide bonds. The molecule has 0 saturated heterocycles. The Morgan fingerprint density at radius 1 is 1.19 bits per heavy atom. The van der Waals surface area contributed by atoms with E-state index >= 15 is 0 Å². The van der Waals surface area contributed by atoms with Crippen LogP contribution in [0.25, 0.3) is 16.8 Å². The van der Waals surface area contributed by atoms with Crippen LogP contribution in [0, 0.1) is 17.1 Å². The van der Waals surface area contributed by atoms with E-state index in [4.69, 9.17) is 0 Å². The third kappa shape index (κ3) is 4.02. The molecular weight excluding hydrogens is 349 g/mol. The lowest BCUT2D eigenvalue weighted by molar-refractivity contribution is 0.101. The minimum atomic E-state index is -0.304. The number of nitriles is 1. The Kier molecular flexibility index (Phi) is 5.20. The number of Topliss-reactive ketones (excluding diaryl/α,β-unsaturated/α-hetero) is 1. The molecule has 1 heterocycles. The molecule has 0 unspecified atom stereocenters. The first-order chi connectivity index (χ1) is 12.6. The number of carbonyl (C=O) groups excluding carboxylic acids is 1. The van der Waals surface area contributed by atoms with Gasteiger partial charge in [-0.15, -0.1) is 11.3 Å². The number of ketones is 1. The summed E-state index contributed by atoms with van der Waals surface area (Å²) in [4.78, 5) is 15.7. The maximum absolute atomic E-state index is 13.0. The van der Waals surface area contributed by atoms with Gasteiger partial charge in [0.2, 0.25) is 0 Å². The van der Waals surface area contributed by atoms with Crippen molar-refractivity contribution < 1.29 is 9.18 Å². The zero-order valence-corrected chi connectivity index (χ0v) is 14.7. The number of rotatable bonds is 5. The van der Waals surface area contributed by atoms with Gasteiger partial charge in [-0.3, -0.25) is 4.79 Å². The standard InChI is InChI=1S/C20H14FN3OS/c1-13(25)14-4-8-18(9-5-14)23-11-16(10-22)20-24-19(12-26-20)15-2-6-17(21)7-3-15/h2-9,11-12,23H,1H3/b16-11-. The molecule has 0 atom stereocenters. The molecule has 6 heteroatoms. The van der Waals surface area contributed by atoms with Crippen LogP contribution in [-0.4, -0.2) is 10.8 Å². The number of hydrogen-bond acceptors (Lipinski definition) is 5. The van der Waals surface area contributed by atoms with Crippen LogP contribution < -0.4 is 5.32 Å². The van der Waals surface area contributed by atoms with Gasteiger partial charge in [0, 0.05) is 28.4 Å². The smallest absolute Gasteiger partial charge is 0.159 e. The molecule has 3 rings (SSSR count). The Bertz CT molecular complexity index is 999. The zero-order valence-electron chi connectivity index (χ0n) is 13.9. The van der Waals surface area contributed by atoms with Gasteiger partial charge >= 0.3 is 0 Å². The Labute approximate surface area is 154 Å². The third-order valence-electron chi connectivity index (χ3n) is 3.67. The van der Waals surface area contributed by atoms with Crippen molar-refractivity contribution in [2.24, 2.45) is 0 Å². The van der Waals surface area contributed by atoms with E-state index in [1.165, 1.54) is 30.4 Å². The number of thiazole rings is 1. The Hall–Kier alpha value is -3.30. The predicted molar refractivity (Wildman–Crippen MR) is 101 cm³/mol. The lowest BCUT2D eigenvalue weighted by Crippen LogP contribution is -1.94. The van der Waals surface area contributed by atoms with Crippen molar-refractivity contribution in [1.82, 2.24) is 4.98 Å². The van der Waals surface area contributed by atoms with Crippen molar-refractivity contribution in [2.75, 3.05) is 5.32 Å². The largest absolute Gasteiger partial charge is 0.360 e. The molecule has 128 valence electrons. The number of nitrogens with one attached hydrogen (secondary N) is 1. The summed E-state index contributed by atoms with van der Waals surface area (Å²) >= 11 is 1.34. The van der Waals surface area contributed by atoms with Crippen LogP contribution in [0.1, 0.15) is 22.3 Å². The van der Waals surface area contributed by atoms with Gasteiger partial charge in [-0.25, -0.2) is 9.37 Å². The summed E-state index contributed by atoms with van der Waals surface area (Å²) < 4.78 is 13.0. The summed E-state index contributed by atoms with van der Waals surface area (Å²) in [5, 5.41) is 14.8. The van der Waals surface area contributed by atoms with E-state index in [1.807, 2.05) is 5.38 Å². The van der Waals surface area contributed by atoms with Crippen LogP contribution >= 0.6 is 11.3 Å². The van der Waals surface area contributed by atoms with Crippen molar-refractivity contribution in [1.29, 1.82) is 5.26 Å². The molecule has 0 radical (unpaired) electrons. The first kappa shape index (κ1) is 17.5. The van der Waals surface area contributed by atoms with Crippen molar-refractivity contribution in [2.45, 2.75) is 6.92 Å². The number of allylic oxidation sites excluding steroid dienone is 1. The summed E-state index contributed by atoms with van der Waals surface area (Å²) in [5.74, 6) is -0.303. The van der Waals surface area contributed by atoms with E-state index in [0.717, 1.165) is 11.3 Å². The second kappa shape index (κ2) is 7.72. The second-order valence-electron chi connectivity index (χ2n) is 5.49. The minimum absolute atomic E-state index is 0.000846. The lowest BCUT2D eigenvalue weighted by atomic mass is 10.1. The molecule has 0 aliphatic rings. The normalized spacial score (nSPS) is 11.0. The van der Waals surface area contributed by atoms with Gasteiger partial charge in [-0.1, -0.05) is 0 Å². The molecule has 0 fully saturated rings. The van der Waals surface area contributed by atoms with E-state index in [-0.39, 0.29) is 11.6 Å². The highest BCUT2D eigenvalue weighted by Gasteiger charge is 2.09. The first-order valence-corrected chi connectivity index (χ1v) is 8.64. The summed E-state index contributed by atoms with van der Waals surface area (Å²) in [5.41, 5.74) is 3.26. The molecule has 2 aromatic carbocycles. The molecule has 0 saturated carbocycles. The summed E-state index contributed by atoms with van der Waals surface area (Å²) in [6.45, 7) is 1.51. The van der Waals surface area contributed by atoms with Gasteiger partial charge < -0.3 is 5.32 Å². The van der Waals surface area contributed by atoms with Gasteiger partial charge in [0.25, 0.3) is 0 Å². The topological polar surface area (TPSA) is 65.8 Å². The maximum atomic E-state index is 13.0. The number of halogens is 1. The van der Waals surface area contributed by atoms with Gasteiger partial charge in [-0.2, -0.15) is 5.26 Å². The first-order valence-electron chi connectivity index (χ1n) is 7.76. The maximum Gasteiger partial charge on any atom is 0.159 e. The second-order valence-corrected chi connectivity index (χ2v) is 6.35. The molecule has 0 aliphatic heterocycles. The third-order valence-corrected chi connectivity index (χ3v) is 4.55. The molecule has 1 N–H and O–H groups in total. The molecule has 26 heavy (non-hydrogen) atoms. The number of benzene rings is 2. The van der Waals surface area contributed by atoms with Crippen molar-refractivity contribution in [3.8, 4) is 17.3 Å². The van der Waals surface area contributed by atoms with E-state index in [1.54, 1.807) is 42.6 Å². The quantitative estimate of drug-likeness (QED) is 0.504. The van der Waals surface area contributed by atoms with Crippen LogP contribution in [0.5, 0.6) is 0 Å². The molecule has 1 aromatic heterocycles. The van der Waals surface area contributed by atoms with Crippen LogP contribution in [-0.2, 0) is 0 Å². The van der Waals surface area contributed by atoms with E-state index in [2.05, 4.69) is 16.4 Å². The Morgan fingerprint density at radius 2 is 1.88 bits per heavy atom. The summed E-state index contributed by atoms with van der Waals surface area (Å²) in [6.07, 6.45) is 1.58. The molecule has 0 spiro atoms. The SMILES string of the molecule is CC(=O)c1ccc(N/C=C(/C#N)c2nc(-c3ccc(F)cc3)cs2)cc1. The highest BCUT2D eigenvalue weighted by atomic mass is 32.1. The number of nitrogens with zero attached hydrogens (tertiary/aromatic N) is 2. The van der Waals surface area contributed by atoms with E-state index in [0.29, 0.717) is 21.8 Å². The Morgan fingerprint density at radius 3 is 2.50 bits per heavy atom. The average Bonchev–Trinajstić information content (AvgIpc) is 3.13. The van der Waals surface area contributed by atoms with Gasteiger partial charge in [0.1, 0.15) is 22.5 Å². The lowest BCUT2D eigenvalue weighted by Gasteiger charge is -2.02. The van der Waals surface area contributed by atoms with E-state index < -0.39 is 0 Å². The van der Waals surface area contributed by atoms with Crippen LogP contribution in [0.3, 0.4) is 0 Å². The van der Waals surface area contributed by atoms with E-state index in [9.17, 15) is 14.4 Å². The summed E-state index contributed by atoms with van der Waals surface area (Å²) in [7, 11) is 0. The molecular formula is C20H14FN3OS. The Balaban J connectivity index is 1.78. The number of aromatic nitrogens is 1. The zero-order chi connectivity index (χ0) is 18.5. The van der Waals surface area contributed by atoms with Crippen LogP contribution in [0.15, 0.2) is 60.1 Å². The van der Waals surface area contributed by atoms with Crippen molar-refractivity contribution in [3.05, 3.63) is 76.5 Å². The van der Waals surface area contributed by atoms with Crippen molar-refractivity contribution >= 4 is 28.4 Å². The molecule has 0 aliphatic carbocycles. The average molecular weight is 363 g/mol. The monoisotopic (exact) mass is 363 g/mol. The molecule has 4 nitrogen and oxygen atoms in total. The number of carbonyl (C=O) groups is 1. The minimum Gasteiger partial charge on any atom is -0.360 e. The number of anilines is 1.